The fourth-order valence-corrected chi connectivity index (χ4v) is 3.60. The van der Waals surface area contributed by atoms with Gasteiger partial charge in [-0.3, -0.25) is 9.79 Å². The lowest BCUT2D eigenvalue weighted by molar-refractivity contribution is -0.114. The van der Waals surface area contributed by atoms with Crippen LogP contribution in [0.15, 0.2) is 53.5 Å². The minimum absolute atomic E-state index is 0.0689. The van der Waals surface area contributed by atoms with Crippen LogP contribution in [0.25, 0.3) is 0 Å². The van der Waals surface area contributed by atoms with Crippen LogP contribution in [0, 0.1) is 0 Å². The molecule has 2 aromatic rings. The van der Waals surface area contributed by atoms with Gasteiger partial charge in [-0.2, -0.15) is 0 Å². The normalized spacial score (nSPS) is 19.1. The number of nitrogens with zero attached hydrogens (tertiary/aromatic N) is 1. The van der Waals surface area contributed by atoms with E-state index in [1.54, 1.807) is 0 Å². The molecule has 6 nitrogen and oxygen atoms in total. The van der Waals surface area contributed by atoms with Crippen LogP contribution >= 0.6 is 0 Å². The summed E-state index contributed by atoms with van der Waals surface area (Å²) in [6.45, 7) is 3.53. The highest BCUT2D eigenvalue weighted by Gasteiger charge is 2.41. The summed E-state index contributed by atoms with van der Waals surface area (Å²) in [6, 6.07) is 16.0. The van der Waals surface area contributed by atoms with Gasteiger partial charge in [-0.15, -0.1) is 0 Å². The summed E-state index contributed by atoms with van der Waals surface area (Å²) in [6.07, 6.45) is 1.77. The van der Waals surface area contributed by atoms with Crippen molar-refractivity contribution in [3.05, 3.63) is 54.1 Å². The number of benzene rings is 2. The molecule has 140 valence electrons. The average molecular weight is 364 g/mol. The second kappa shape index (κ2) is 7.40. The van der Waals surface area contributed by atoms with Gasteiger partial charge in [0.1, 0.15) is 5.84 Å². The molecule has 1 fully saturated rings. The highest BCUT2D eigenvalue weighted by molar-refractivity contribution is 6.09. The molecule has 0 aromatic heterocycles. The van der Waals surface area contributed by atoms with Crippen molar-refractivity contribution >= 4 is 28.8 Å². The molecule has 1 spiro atoms. The van der Waals surface area contributed by atoms with Crippen LogP contribution in [-0.4, -0.2) is 30.5 Å². The molecule has 0 aliphatic carbocycles. The highest BCUT2D eigenvalue weighted by atomic mass is 16.5. The predicted octanol–water partition coefficient (Wildman–Crippen LogP) is 3.63. The summed E-state index contributed by atoms with van der Waals surface area (Å²) in [5.74, 6) is 0.899. The van der Waals surface area contributed by atoms with Crippen molar-refractivity contribution in [2.75, 3.05) is 29.2 Å². The number of carbonyl (C=O) groups excluding carboxylic acids is 1. The van der Waals surface area contributed by atoms with E-state index in [9.17, 15) is 4.79 Å². The number of para-hydroxylation sites is 2. The molecule has 2 heterocycles. The Kier molecular flexibility index (Phi) is 4.81. The maximum absolute atomic E-state index is 11.1. The zero-order chi connectivity index (χ0) is 18.7. The number of hydrogen-bond acceptors (Lipinski definition) is 4. The lowest BCUT2D eigenvalue weighted by Crippen LogP contribution is -2.55. The molecular weight excluding hydrogens is 340 g/mol. The van der Waals surface area contributed by atoms with Crippen molar-refractivity contribution in [2.45, 2.75) is 31.8 Å². The third-order valence-electron chi connectivity index (χ3n) is 5.05. The van der Waals surface area contributed by atoms with Gasteiger partial charge in [0.2, 0.25) is 5.91 Å². The van der Waals surface area contributed by atoms with E-state index in [1.165, 1.54) is 6.92 Å². The number of anilines is 3. The van der Waals surface area contributed by atoms with Crippen LogP contribution in [0.4, 0.5) is 17.1 Å². The van der Waals surface area contributed by atoms with E-state index in [4.69, 9.17) is 9.73 Å². The van der Waals surface area contributed by atoms with E-state index >= 15 is 0 Å². The smallest absolute Gasteiger partial charge is 0.221 e. The van der Waals surface area contributed by atoms with Crippen molar-refractivity contribution in [1.29, 1.82) is 0 Å². The Bertz CT molecular complexity index is 855. The molecule has 1 saturated heterocycles. The first-order valence-electron chi connectivity index (χ1n) is 9.28. The van der Waals surface area contributed by atoms with E-state index in [2.05, 4.69) is 28.1 Å². The molecule has 1 amide bonds. The third kappa shape index (κ3) is 3.80. The van der Waals surface area contributed by atoms with Crippen LogP contribution in [0.3, 0.4) is 0 Å². The van der Waals surface area contributed by atoms with Gasteiger partial charge in [0.15, 0.2) is 0 Å². The number of amidine groups is 1. The molecule has 3 N–H and O–H groups in total. The fourth-order valence-electron chi connectivity index (χ4n) is 3.60. The predicted molar refractivity (Wildman–Crippen MR) is 108 cm³/mol. The molecule has 0 saturated carbocycles. The molecule has 6 heteroatoms. The van der Waals surface area contributed by atoms with E-state index in [1.807, 2.05) is 36.4 Å². The van der Waals surface area contributed by atoms with Crippen LogP contribution in [-0.2, 0) is 16.1 Å². The lowest BCUT2D eigenvalue weighted by atomic mass is 9.86. The number of aliphatic imine (C=N–C) groups is 1. The zero-order valence-corrected chi connectivity index (χ0v) is 15.4. The largest absolute Gasteiger partial charge is 0.381 e. The van der Waals surface area contributed by atoms with Crippen LogP contribution in [0.1, 0.15) is 25.3 Å². The van der Waals surface area contributed by atoms with Gasteiger partial charge in [0.25, 0.3) is 0 Å². The Morgan fingerprint density at radius 2 is 1.81 bits per heavy atom. The maximum atomic E-state index is 11.1. The van der Waals surface area contributed by atoms with Gasteiger partial charge in [-0.25, -0.2) is 0 Å². The lowest BCUT2D eigenvalue weighted by Gasteiger charge is -2.43. The van der Waals surface area contributed by atoms with Crippen molar-refractivity contribution in [1.82, 2.24) is 0 Å². The monoisotopic (exact) mass is 364 g/mol. The van der Waals surface area contributed by atoms with Crippen LogP contribution < -0.4 is 16.0 Å². The van der Waals surface area contributed by atoms with Crippen molar-refractivity contribution in [3.63, 3.8) is 0 Å². The standard InChI is InChI=1S/C21H24N4O2/c1-15(26)23-17-8-6-16(7-9-17)14-22-20-21(10-12-27-13-11-21)25-19-5-3-2-4-18(19)24-20/h2-9,25H,10-14H2,1H3,(H,22,24)(H,23,26). The van der Waals surface area contributed by atoms with Gasteiger partial charge >= 0.3 is 0 Å². The second-order valence-electron chi connectivity index (χ2n) is 7.03. The number of hydrogen-bond donors (Lipinski definition) is 3. The number of carbonyl (C=O) groups is 1. The second-order valence-corrected chi connectivity index (χ2v) is 7.03. The maximum Gasteiger partial charge on any atom is 0.221 e. The summed E-state index contributed by atoms with van der Waals surface area (Å²) in [5, 5.41) is 10.0. The minimum Gasteiger partial charge on any atom is -0.381 e. The Balaban J connectivity index is 1.57. The van der Waals surface area contributed by atoms with E-state index in [-0.39, 0.29) is 11.4 Å². The van der Waals surface area contributed by atoms with Gasteiger partial charge in [0, 0.05) is 38.7 Å². The molecule has 2 aliphatic rings. The Labute approximate surface area is 159 Å². The quantitative estimate of drug-likeness (QED) is 0.777. The molecule has 2 aromatic carbocycles. The van der Waals surface area contributed by atoms with Gasteiger partial charge in [-0.05, 0) is 29.8 Å². The number of rotatable bonds is 3. The van der Waals surface area contributed by atoms with Crippen LogP contribution in [0.5, 0.6) is 0 Å². The first kappa shape index (κ1) is 17.5. The first-order chi connectivity index (χ1) is 13.1. The molecule has 27 heavy (non-hydrogen) atoms. The number of nitrogens with one attached hydrogen (secondary N) is 3. The zero-order valence-electron chi connectivity index (χ0n) is 15.4. The average Bonchev–Trinajstić information content (AvgIpc) is 2.68. The van der Waals surface area contributed by atoms with Gasteiger partial charge in [0.05, 0.1) is 23.5 Å². The Morgan fingerprint density at radius 1 is 1.11 bits per heavy atom. The number of fused-ring (bicyclic) bond motifs is 1. The summed E-state index contributed by atoms with van der Waals surface area (Å²) in [7, 11) is 0. The minimum atomic E-state index is -0.206. The van der Waals surface area contributed by atoms with Crippen molar-refractivity contribution in [3.8, 4) is 0 Å². The third-order valence-corrected chi connectivity index (χ3v) is 5.05. The van der Waals surface area contributed by atoms with Gasteiger partial charge < -0.3 is 20.7 Å². The molecule has 0 bridgehead atoms. The summed E-state index contributed by atoms with van der Waals surface area (Å²) < 4.78 is 5.58. The van der Waals surface area contributed by atoms with E-state index < -0.39 is 0 Å². The number of ether oxygens (including phenoxy) is 1. The highest BCUT2D eigenvalue weighted by Crippen LogP contribution is 2.36. The van der Waals surface area contributed by atoms with Crippen LogP contribution in [0.2, 0.25) is 0 Å². The first-order valence-corrected chi connectivity index (χ1v) is 9.28. The molecule has 2 aliphatic heterocycles. The number of amides is 1. The Morgan fingerprint density at radius 3 is 2.52 bits per heavy atom. The molecule has 4 rings (SSSR count). The van der Waals surface area contributed by atoms with E-state index in [0.29, 0.717) is 6.54 Å². The van der Waals surface area contributed by atoms with Crippen molar-refractivity contribution in [2.24, 2.45) is 4.99 Å². The van der Waals surface area contributed by atoms with Gasteiger partial charge in [-0.1, -0.05) is 24.3 Å². The fraction of sp³-hybridized carbons (Fsp3) is 0.333. The molecule has 0 atom stereocenters. The van der Waals surface area contributed by atoms with Crippen molar-refractivity contribution < 1.29 is 9.53 Å². The molecular formula is C21H24N4O2. The Hall–Kier alpha value is -2.86. The summed E-state index contributed by atoms with van der Waals surface area (Å²) >= 11 is 0. The SMILES string of the molecule is CC(=O)Nc1ccc(CN=C2Nc3ccccc3NC23CCOCC3)cc1. The topological polar surface area (TPSA) is 74.8 Å². The molecule has 0 unspecified atom stereocenters. The molecule has 0 radical (unpaired) electrons. The summed E-state index contributed by atoms with van der Waals surface area (Å²) in [5.41, 5.74) is 3.85. The van der Waals surface area contributed by atoms with E-state index in [0.717, 1.165) is 54.5 Å². The summed E-state index contributed by atoms with van der Waals surface area (Å²) in [4.78, 5) is 16.1.